The summed E-state index contributed by atoms with van der Waals surface area (Å²) in [5.74, 6) is -0.380. The molecule has 0 N–H and O–H groups in total. The molecule has 4 heteroatoms. The number of hydrogen-bond acceptors (Lipinski definition) is 4. The average molecular weight is 162 g/mol. The van der Waals surface area contributed by atoms with Crippen LogP contribution in [0.25, 0.3) is 0 Å². The molecular weight excluding hydrogens is 152 g/mol. The third kappa shape index (κ3) is 4.38. The van der Waals surface area contributed by atoms with E-state index in [-0.39, 0.29) is 12.4 Å². The largest absolute Gasteiger partial charge is 0.466 e. The molecule has 0 aliphatic heterocycles. The van der Waals surface area contributed by atoms with E-state index in [0.717, 1.165) is 0 Å². The van der Waals surface area contributed by atoms with Gasteiger partial charge in [0.15, 0.2) is 0 Å². The molecule has 0 aromatic rings. The summed E-state index contributed by atoms with van der Waals surface area (Å²) < 4.78 is 4.57. The second-order valence-corrected chi connectivity index (χ2v) is 2.38. The van der Waals surface area contributed by atoms with Crippen molar-refractivity contribution in [1.82, 2.24) is 0 Å². The normalized spacial score (nSPS) is 12.2. The Labute approximate surface area is 65.2 Å². The van der Waals surface area contributed by atoms with Crippen molar-refractivity contribution in [2.75, 3.05) is 6.61 Å². The van der Waals surface area contributed by atoms with E-state index >= 15 is 0 Å². The van der Waals surface area contributed by atoms with Crippen LogP contribution in [0.15, 0.2) is 0 Å². The van der Waals surface area contributed by atoms with Gasteiger partial charge in [0.25, 0.3) is 0 Å². The van der Waals surface area contributed by atoms with E-state index in [0.29, 0.717) is 12.9 Å². The minimum atomic E-state index is -0.529. The molecule has 3 nitrogen and oxygen atoms in total. The van der Waals surface area contributed by atoms with E-state index in [1.165, 1.54) is 0 Å². The monoisotopic (exact) mass is 162 g/mol. The lowest BCUT2D eigenvalue weighted by atomic mass is 10.3. The van der Waals surface area contributed by atoms with E-state index in [2.05, 4.69) is 17.4 Å². The van der Waals surface area contributed by atoms with Gasteiger partial charge in [-0.05, 0) is 6.92 Å². The van der Waals surface area contributed by atoms with Gasteiger partial charge in [-0.3, -0.25) is 4.79 Å². The van der Waals surface area contributed by atoms with Crippen LogP contribution < -0.4 is 0 Å². The van der Waals surface area contributed by atoms with Gasteiger partial charge in [0.1, 0.15) is 6.29 Å². The second kappa shape index (κ2) is 5.29. The van der Waals surface area contributed by atoms with E-state index in [4.69, 9.17) is 0 Å². The number of carbonyl (C=O) groups excluding carboxylic acids is 2. The first kappa shape index (κ1) is 9.49. The average Bonchev–Trinajstić information content (AvgIpc) is 1.88. The van der Waals surface area contributed by atoms with Gasteiger partial charge in [0.2, 0.25) is 0 Å². The summed E-state index contributed by atoms with van der Waals surface area (Å²) in [5, 5.41) is -0.529. The van der Waals surface area contributed by atoms with Crippen molar-refractivity contribution < 1.29 is 14.3 Å². The Bertz CT molecular complexity index is 124. The van der Waals surface area contributed by atoms with E-state index in [1.54, 1.807) is 6.92 Å². The number of hydrogen-bond donors (Lipinski definition) is 1. The maximum atomic E-state index is 10.6. The van der Waals surface area contributed by atoms with Crippen LogP contribution in [0.5, 0.6) is 0 Å². The van der Waals surface area contributed by atoms with Gasteiger partial charge < -0.3 is 9.53 Å². The molecule has 0 amide bonds. The van der Waals surface area contributed by atoms with Crippen molar-refractivity contribution in [2.45, 2.75) is 18.6 Å². The van der Waals surface area contributed by atoms with Gasteiger partial charge in [-0.25, -0.2) is 0 Å². The lowest BCUT2D eigenvalue weighted by molar-refractivity contribution is -0.143. The summed E-state index contributed by atoms with van der Waals surface area (Å²) in [6.07, 6.45) is 0.667. The van der Waals surface area contributed by atoms with E-state index < -0.39 is 5.25 Å². The third-order valence-corrected chi connectivity index (χ3v) is 1.14. The first-order valence-corrected chi connectivity index (χ1v) is 3.51. The summed E-state index contributed by atoms with van der Waals surface area (Å²) in [6, 6.07) is 0. The quantitative estimate of drug-likeness (QED) is 0.370. The molecule has 0 bridgehead atoms. The number of rotatable bonds is 4. The van der Waals surface area contributed by atoms with Crippen molar-refractivity contribution in [1.29, 1.82) is 0 Å². The standard InChI is InChI=1S/C6H10O3S/c1-2-9-6(8)3-5(10)4-7/h4-5,10H,2-3H2,1H3. The Morgan fingerprint density at radius 3 is 2.80 bits per heavy atom. The van der Waals surface area contributed by atoms with Crippen LogP contribution in [-0.4, -0.2) is 24.1 Å². The van der Waals surface area contributed by atoms with E-state index in [1.807, 2.05) is 0 Å². The van der Waals surface area contributed by atoms with Gasteiger partial charge in [0, 0.05) is 0 Å². The fourth-order valence-corrected chi connectivity index (χ4v) is 0.588. The number of ether oxygens (including phenoxy) is 1. The van der Waals surface area contributed by atoms with Crippen molar-refractivity contribution in [3.05, 3.63) is 0 Å². The van der Waals surface area contributed by atoms with Gasteiger partial charge in [-0.15, -0.1) is 0 Å². The molecular formula is C6H10O3S. The molecule has 58 valence electrons. The Kier molecular flexibility index (Phi) is 5.02. The van der Waals surface area contributed by atoms with Crippen LogP contribution in [0, 0.1) is 0 Å². The molecule has 0 aromatic heterocycles. The summed E-state index contributed by atoms with van der Waals surface area (Å²) in [5.41, 5.74) is 0. The minimum absolute atomic E-state index is 0.0560. The smallest absolute Gasteiger partial charge is 0.307 e. The summed E-state index contributed by atoms with van der Waals surface area (Å²) in [6.45, 7) is 2.06. The highest BCUT2D eigenvalue weighted by Gasteiger charge is 2.08. The Morgan fingerprint density at radius 2 is 2.40 bits per heavy atom. The molecule has 0 aromatic carbocycles. The SMILES string of the molecule is CCOC(=O)CC(S)C=O. The van der Waals surface area contributed by atoms with Crippen LogP contribution in [0.2, 0.25) is 0 Å². The summed E-state index contributed by atoms with van der Waals surface area (Å²) in [4.78, 5) is 20.5. The molecule has 0 saturated carbocycles. The predicted molar refractivity (Wildman–Crippen MR) is 40.1 cm³/mol. The molecule has 0 fully saturated rings. The van der Waals surface area contributed by atoms with Crippen LogP contribution in [-0.2, 0) is 14.3 Å². The molecule has 0 heterocycles. The first-order chi connectivity index (χ1) is 4.70. The van der Waals surface area contributed by atoms with Gasteiger partial charge in [-0.1, -0.05) is 0 Å². The maximum Gasteiger partial charge on any atom is 0.307 e. The molecule has 1 atom stereocenters. The van der Waals surface area contributed by atoms with Gasteiger partial charge in [0.05, 0.1) is 18.3 Å². The number of aldehydes is 1. The zero-order valence-electron chi connectivity index (χ0n) is 5.74. The Balaban J connectivity index is 3.46. The zero-order chi connectivity index (χ0) is 7.98. The van der Waals surface area contributed by atoms with Crippen LogP contribution in [0.3, 0.4) is 0 Å². The van der Waals surface area contributed by atoms with Crippen molar-refractivity contribution in [3.63, 3.8) is 0 Å². The van der Waals surface area contributed by atoms with Crippen LogP contribution in [0.1, 0.15) is 13.3 Å². The lowest BCUT2D eigenvalue weighted by Crippen LogP contribution is -2.12. The van der Waals surface area contributed by atoms with Crippen molar-refractivity contribution >= 4 is 24.9 Å². The van der Waals surface area contributed by atoms with Crippen LogP contribution in [0.4, 0.5) is 0 Å². The molecule has 10 heavy (non-hydrogen) atoms. The number of esters is 1. The zero-order valence-corrected chi connectivity index (χ0v) is 6.64. The molecule has 0 saturated heterocycles. The molecule has 0 radical (unpaired) electrons. The topological polar surface area (TPSA) is 43.4 Å². The Morgan fingerprint density at radius 1 is 1.80 bits per heavy atom. The molecule has 1 unspecified atom stereocenters. The fourth-order valence-electron chi connectivity index (χ4n) is 0.439. The number of thiol groups is 1. The third-order valence-electron chi connectivity index (χ3n) is 0.838. The minimum Gasteiger partial charge on any atom is -0.466 e. The molecule has 0 aliphatic carbocycles. The van der Waals surface area contributed by atoms with Gasteiger partial charge in [-0.2, -0.15) is 12.6 Å². The summed E-state index contributed by atoms with van der Waals surface area (Å²) >= 11 is 3.79. The highest BCUT2D eigenvalue weighted by atomic mass is 32.1. The predicted octanol–water partition coefficient (Wildman–Crippen LogP) is 0.437. The maximum absolute atomic E-state index is 10.6. The lowest BCUT2D eigenvalue weighted by Gasteiger charge is -2.01. The van der Waals surface area contributed by atoms with Gasteiger partial charge >= 0.3 is 5.97 Å². The van der Waals surface area contributed by atoms with Crippen LogP contribution >= 0.6 is 12.6 Å². The second-order valence-electron chi connectivity index (χ2n) is 1.71. The molecule has 0 rings (SSSR count). The molecule has 0 spiro atoms. The van der Waals surface area contributed by atoms with Crippen molar-refractivity contribution in [3.8, 4) is 0 Å². The van der Waals surface area contributed by atoms with Crippen molar-refractivity contribution in [2.24, 2.45) is 0 Å². The first-order valence-electron chi connectivity index (χ1n) is 2.99. The Hall–Kier alpha value is -0.510. The fraction of sp³-hybridized carbons (Fsp3) is 0.667. The highest BCUT2D eigenvalue weighted by molar-refractivity contribution is 7.81. The molecule has 0 aliphatic rings. The summed E-state index contributed by atoms with van der Waals surface area (Å²) in [7, 11) is 0. The van der Waals surface area contributed by atoms with E-state index in [9.17, 15) is 9.59 Å². The number of carbonyl (C=O) groups is 2. The highest BCUT2D eigenvalue weighted by Crippen LogP contribution is 1.98.